The van der Waals surface area contributed by atoms with E-state index in [1.165, 1.54) is 12.1 Å². The molecule has 0 bridgehead atoms. The highest BCUT2D eigenvalue weighted by Gasteiger charge is 2.13. The summed E-state index contributed by atoms with van der Waals surface area (Å²) >= 11 is 5.83. The van der Waals surface area contributed by atoms with Gasteiger partial charge in [-0.05, 0) is 42.3 Å². The van der Waals surface area contributed by atoms with Crippen LogP contribution in [-0.2, 0) is 6.42 Å². The number of hydrogen-bond acceptors (Lipinski definition) is 2. The summed E-state index contributed by atoms with van der Waals surface area (Å²) in [4.78, 5) is 0. The largest absolute Gasteiger partial charge is 0.496 e. The zero-order valence-corrected chi connectivity index (χ0v) is 11.3. The maximum Gasteiger partial charge on any atom is 0.123 e. The van der Waals surface area contributed by atoms with E-state index >= 15 is 0 Å². The first-order valence-corrected chi connectivity index (χ1v) is 6.31. The third-order valence-corrected chi connectivity index (χ3v) is 3.21. The molecule has 2 aromatic rings. The minimum Gasteiger partial charge on any atom is -0.496 e. The Morgan fingerprint density at radius 2 is 1.89 bits per heavy atom. The molecule has 0 radical (unpaired) electrons. The second-order valence-corrected chi connectivity index (χ2v) is 4.76. The lowest BCUT2D eigenvalue weighted by atomic mass is 9.99. The van der Waals surface area contributed by atoms with Crippen LogP contribution in [0.15, 0.2) is 42.5 Å². The quantitative estimate of drug-likeness (QED) is 0.925. The molecule has 0 amide bonds. The predicted octanol–water partition coefficient (Wildman–Crippen LogP) is 3.73. The van der Waals surface area contributed by atoms with Crippen molar-refractivity contribution in [3.63, 3.8) is 0 Å². The Labute approximate surface area is 117 Å². The van der Waals surface area contributed by atoms with Gasteiger partial charge in [-0.3, -0.25) is 0 Å². The van der Waals surface area contributed by atoms with E-state index in [4.69, 9.17) is 22.1 Å². The molecule has 0 aromatic heterocycles. The first kappa shape index (κ1) is 13.8. The van der Waals surface area contributed by atoms with Crippen molar-refractivity contribution in [2.45, 2.75) is 12.5 Å². The van der Waals surface area contributed by atoms with E-state index in [2.05, 4.69) is 0 Å². The van der Waals surface area contributed by atoms with E-state index in [0.717, 1.165) is 5.56 Å². The zero-order chi connectivity index (χ0) is 13.8. The van der Waals surface area contributed by atoms with Gasteiger partial charge in [0.2, 0.25) is 0 Å². The highest BCUT2D eigenvalue weighted by Crippen LogP contribution is 2.27. The van der Waals surface area contributed by atoms with Gasteiger partial charge in [0.1, 0.15) is 11.6 Å². The molecule has 0 aliphatic carbocycles. The van der Waals surface area contributed by atoms with Gasteiger partial charge in [-0.2, -0.15) is 0 Å². The van der Waals surface area contributed by atoms with Gasteiger partial charge in [-0.25, -0.2) is 4.39 Å². The number of ether oxygens (including phenoxy) is 1. The number of nitrogens with two attached hydrogens (primary N) is 1. The Bertz CT molecular complexity index is 557. The molecule has 0 fully saturated rings. The van der Waals surface area contributed by atoms with Crippen LogP contribution >= 0.6 is 11.6 Å². The van der Waals surface area contributed by atoms with Gasteiger partial charge in [-0.1, -0.05) is 23.7 Å². The first-order chi connectivity index (χ1) is 9.10. The fourth-order valence-electron chi connectivity index (χ4n) is 1.98. The molecule has 0 spiro atoms. The van der Waals surface area contributed by atoms with Crippen molar-refractivity contribution in [2.24, 2.45) is 5.73 Å². The summed E-state index contributed by atoms with van der Waals surface area (Å²) in [6.07, 6.45) is 0.594. The Kier molecular flexibility index (Phi) is 4.40. The zero-order valence-electron chi connectivity index (χ0n) is 10.6. The van der Waals surface area contributed by atoms with Crippen molar-refractivity contribution in [3.8, 4) is 5.75 Å². The average Bonchev–Trinajstić information content (AvgIpc) is 2.41. The SMILES string of the molecule is COc1ccc(F)cc1C(N)Cc1ccc(Cl)cc1. The van der Waals surface area contributed by atoms with Gasteiger partial charge >= 0.3 is 0 Å². The van der Waals surface area contributed by atoms with E-state index in [1.54, 1.807) is 13.2 Å². The van der Waals surface area contributed by atoms with Gasteiger partial charge in [0.15, 0.2) is 0 Å². The maximum atomic E-state index is 13.3. The summed E-state index contributed by atoms with van der Waals surface area (Å²) in [7, 11) is 1.55. The average molecular weight is 280 g/mol. The van der Waals surface area contributed by atoms with Crippen molar-refractivity contribution in [2.75, 3.05) is 7.11 Å². The second-order valence-electron chi connectivity index (χ2n) is 4.32. The summed E-state index contributed by atoms with van der Waals surface area (Å²) in [5.41, 5.74) is 7.84. The molecule has 0 saturated heterocycles. The summed E-state index contributed by atoms with van der Waals surface area (Å²) in [6.45, 7) is 0. The summed E-state index contributed by atoms with van der Waals surface area (Å²) in [5.74, 6) is 0.283. The van der Waals surface area contributed by atoms with Crippen LogP contribution in [-0.4, -0.2) is 7.11 Å². The van der Waals surface area contributed by atoms with Crippen LogP contribution in [0, 0.1) is 5.82 Å². The van der Waals surface area contributed by atoms with Crippen molar-refractivity contribution >= 4 is 11.6 Å². The van der Waals surface area contributed by atoms with E-state index in [-0.39, 0.29) is 11.9 Å². The molecule has 2 rings (SSSR count). The molecule has 1 unspecified atom stereocenters. The Balaban J connectivity index is 2.21. The summed E-state index contributed by atoms with van der Waals surface area (Å²) < 4.78 is 18.5. The number of hydrogen-bond donors (Lipinski definition) is 1. The van der Waals surface area contributed by atoms with Crippen LogP contribution in [0.4, 0.5) is 4.39 Å². The lowest BCUT2D eigenvalue weighted by molar-refractivity contribution is 0.404. The van der Waals surface area contributed by atoms with Crippen LogP contribution in [0.2, 0.25) is 5.02 Å². The fraction of sp³-hybridized carbons (Fsp3) is 0.200. The van der Waals surface area contributed by atoms with Crippen molar-refractivity contribution < 1.29 is 9.13 Å². The number of benzene rings is 2. The normalized spacial score (nSPS) is 12.2. The molecule has 19 heavy (non-hydrogen) atoms. The Hall–Kier alpha value is -1.58. The van der Waals surface area contributed by atoms with Crippen LogP contribution in [0.3, 0.4) is 0 Å². The molecule has 2 N–H and O–H groups in total. The van der Waals surface area contributed by atoms with Crippen LogP contribution in [0.1, 0.15) is 17.2 Å². The minimum absolute atomic E-state index is 0.317. The number of methoxy groups -OCH3 is 1. The lowest BCUT2D eigenvalue weighted by Crippen LogP contribution is -2.14. The number of halogens is 2. The van der Waals surface area contributed by atoms with Crippen molar-refractivity contribution in [1.29, 1.82) is 0 Å². The third-order valence-electron chi connectivity index (χ3n) is 2.96. The molecular formula is C15H15ClFNO. The molecule has 2 aromatic carbocycles. The highest BCUT2D eigenvalue weighted by atomic mass is 35.5. The first-order valence-electron chi connectivity index (χ1n) is 5.93. The molecule has 1 atom stereocenters. The Morgan fingerprint density at radius 3 is 2.53 bits per heavy atom. The van der Waals surface area contributed by atoms with Gasteiger partial charge < -0.3 is 10.5 Å². The van der Waals surface area contributed by atoms with E-state index < -0.39 is 0 Å². The van der Waals surface area contributed by atoms with Crippen LogP contribution in [0.25, 0.3) is 0 Å². The minimum atomic E-state index is -0.327. The second kappa shape index (κ2) is 6.04. The Morgan fingerprint density at radius 1 is 1.21 bits per heavy atom. The molecule has 0 heterocycles. The lowest BCUT2D eigenvalue weighted by Gasteiger charge is -2.16. The van der Waals surface area contributed by atoms with E-state index in [0.29, 0.717) is 22.8 Å². The molecule has 2 nitrogen and oxygen atoms in total. The summed E-state index contributed by atoms with van der Waals surface area (Å²) in [6, 6.07) is 11.5. The van der Waals surface area contributed by atoms with E-state index in [9.17, 15) is 4.39 Å². The number of rotatable bonds is 4. The van der Waals surface area contributed by atoms with Gasteiger partial charge in [0.05, 0.1) is 7.11 Å². The predicted molar refractivity (Wildman–Crippen MR) is 75.0 cm³/mol. The van der Waals surface area contributed by atoms with Crippen LogP contribution in [0.5, 0.6) is 5.75 Å². The van der Waals surface area contributed by atoms with Gasteiger partial charge in [-0.15, -0.1) is 0 Å². The monoisotopic (exact) mass is 279 g/mol. The van der Waals surface area contributed by atoms with Gasteiger partial charge in [0.25, 0.3) is 0 Å². The van der Waals surface area contributed by atoms with Crippen LogP contribution < -0.4 is 10.5 Å². The molecule has 0 saturated carbocycles. The van der Waals surface area contributed by atoms with E-state index in [1.807, 2.05) is 24.3 Å². The van der Waals surface area contributed by atoms with Gasteiger partial charge in [0, 0.05) is 16.6 Å². The molecule has 4 heteroatoms. The maximum absolute atomic E-state index is 13.3. The molecule has 0 aliphatic rings. The highest BCUT2D eigenvalue weighted by molar-refractivity contribution is 6.30. The summed E-state index contributed by atoms with van der Waals surface area (Å²) in [5, 5.41) is 0.681. The molecule has 0 aliphatic heterocycles. The smallest absolute Gasteiger partial charge is 0.123 e. The molecule has 100 valence electrons. The van der Waals surface area contributed by atoms with Crippen molar-refractivity contribution in [3.05, 3.63) is 64.4 Å². The standard InChI is InChI=1S/C15H15ClFNO/c1-19-15-7-6-12(17)9-13(15)14(18)8-10-2-4-11(16)5-3-10/h2-7,9,14H,8,18H2,1H3. The topological polar surface area (TPSA) is 35.2 Å². The van der Waals surface area contributed by atoms with Crippen molar-refractivity contribution in [1.82, 2.24) is 0 Å². The fourth-order valence-corrected chi connectivity index (χ4v) is 2.11. The third kappa shape index (κ3) is 3.46. The molecular weight excluding hydrogens is 265 g/mol.